The number of hydrogen-bond donors (Lipinski definition) is 0. The van der Waals surface area contributed by atoms with Gasteiger partial charge in [0.2, 0.25) is 0 Å². The summed E-state index contributed by atoms with van der Waals surface area (Å²) >= 11 is 0. The fourth-order valence-corrected chi connectivity index (χ4v) is 15.6. The summed E-state index contributed by atoms with van der Waals surface area (Å²) in [4.78, 5) is 12.3. The van der Waals surface area contributed by atoms with E-state index in [0.717, 1.165) is 23.8 Å². The SMILES string of the molecule is CC(C)(C)C(=O)c1ccc(OCCC[Si](C)(O[Si](C)(C)C)O[Si](C)(C)C)cc1. The van der Waals surface area contributed by atoms with E-state index in [1.807, 2.05) is 45.0 Å². The molecule has 0 saturated carbocycles. The van der Waals surface area contributed by atoms with Crippen LogP contribution in [0.15, 0.2) is 24.3 Å². The van der Waals surface area contributed by atoms with E-state index in [2.05, 4.69) is 45.8 Å². The summed E-state index contributed by atoms with van der Waals surface area (Å²) in [5, 5.41) is 0. The van der Waals surface area contributed by atoms with Gasteiger partial charge in [-0.25, -0.2) is 0 Å². The largest absolute Gasteiger partial charge is 0.494 e. The van der Waals surface area contributed by atoms with Gasteiger partial charge < -0.3 is 13.0 Å². The molecule has 4 nitrogen and oxygen atoms in total. The number of Topliss-reactive ketones (excluding diaryl/α,β-unsaturated/α-hetero) is 1. The maximum Gasteiger partial charge on any atom is 0.314 e. The molecule has 1 rings (SSSR count). The third-order valence-corrected chi connectivity index (χ3v) is 13.5. The second kappa shape index (κ2) is 9.38. The number of rotatable bonds is 10. The molecule has 1 aromatic carbocycles. The van der Waals surface area contributed by atoms with Gasteiger partial charge in [-0.3, -0.25) is 4.79 Å². The lowest BCUT2D eigenvalue weighted by Crippen LogP contribution is -2.52. The van der Waals surface area contributed by atoms with E-state index >= 15 is 0 Å². The summed E-state index contributed by atoms with van der Waals surface area (Å²) < 4.78 is 19.0. The standard InChI is InChI=1S/C21H40O4Si3/c1-21(2,3)20(22)18-12-14-19(15-13-18)23-16-11-17-28(10,24-26(4,5)6)25-27(7,8)9/h12-15H,11,16-17H2,1-10H3. The van der Waals surface area contributed by atoms with Crippen LogP contribution in [0.1, 0.15) is 37.6 Å². The van der Waals surface area contributed by atoms with Crippen LogP contribution in [0.5, 0.6) is 5.75 Å². The zero-order chi connectivity index (χ0) is 21.8. The molecule has 0 radical (unpaired) electrons. The Bertz CT molecular complexity index is 622. The van der Waals surface area contributed by atoms with E-state index in [0.29, 0.717) is 6.61 Å². The molecule has 0 unspecified atom stereocenters. The molecule has 0 spiro atoms. The summed E-state index contributed by atoms with van der Waals surface area (Å²) in [6, 6.07) is 8.40. The van der Waals surface area contributed by atoms with Crippen molar-refractivity contribution in [3.05, 3.63) is 29.8 Å². The van der Waals surface area contributed by atoms with Crippen LogP contribution in [-0.2, 0) is 8.23 Å². The molecule has 0 fully saturated rings. The lowest BCUT2D eigenvalue weighted by atomic mass is 9.86. The normalized spacial score (nSPS) is 13.5. The van der Waals surface area contributed by atoms with E-state index in [9.17, 15) is 4.79 Å². The highest BCUT2D eigenvalue weighted by Crippen LogP contribution is 2.26. The molecule has 0 saturated heterocycles. The first kappa shape index (κ1) is 25.3. The molecule has 0 aliphatic rings. The van der Waals surface area contributed by atoms with Crippen molar-refractivity contribution in [3.63, 3.8) is 0 Å². The van der Waals surface area contributed by atoms with Crippen LogP contribution < -0.4 is 4.74 Å². The number of ketones is 1. The van der Waals surface area contributed by atoms with Crippen molar-refractivity contribution in [1.29, 1.82) is 0 Å². The Morgan fingerprint density at radius 3 is 1.71 bits per heavy atom. The van der Waals surface area contributed by atoms with Gasteiger partial charge in [0, 0.05) is 11.0 Å². The minimum absolute atomic E-state index is 0.146. The number of benzene rings is 1. The Balaban J connectivity index is 2.62. The third kappa shape index (κ3) is 9.65. The summed E-state index contributed by atoms with van der Waals surface area (Å²) in [7, 11) is -5.53. The van der Waals surface area contributed by atoms with Gasteiger partial charge in [0.1, 0.15) is 5.75 Å². The fraction of sp³-hybridized carbons (Fsp3) is 0.667. The van der Waals surface area contributed by atoms with E-state index < -0.39 is 25.2 Å². The lowest BCUT2D eigenvalue weighted by molar-refractivity contribution is 0.0858. The van der Waals surface area contributed by atoms with Gasteiger partial charge in [0.15, 0.2) is 22.4 Å². The molecule has 0 atom stereocenters. The molecule has 1 aromatic rings. The Labute approximate surface area is 175 Å². The predicted octanol–water partition coefficient (Wildman–Crippen LogP) is 6.46. The molecular weight excluding hydrogens is 400 g/mol. The van der Waals surface area contributed by atoms with Gasteiger partial charge in [-0.15, -0.1) is 0 Å². The quantitative estimate of drug-likeness (QED) is 0.238. The summed E-state index contributed by atoms with van der Waals surface area (Å²) in [5.41, 5.74) is 0.358. The van der Waals surface area contributed by atoms with E-state index in [1.165, 1.54) is 0 Å². The van der Waals surface area contributed by atoms with Crippen LogP contribution in [0, 0.1) is 5.41 Å². The average molecular weight is 441 g/mol. The molecular formula is C21H40O4Si3. The minimum Gasteiger partial charge on any atom is -0.494 e. The highest BCUT2D eigenvalue weighted by molar-refractivity contribution is 6.87. The van der Waals surface area contributed by atoms with Gasteiger partial charge in [-0.2, -0.15) is 0 Å². The Morgan fingerprint density at radius 2 is 1.32 bits per heavy atom. The highest BCUT2D eigenvalue weighted by Gasteiger charge is 2.39. The van der Waals surface area contributed by atoms with Gasteiger partial charge in [0.25, 0.3) is 0 Å². The molecule has 0 N–H and O–H groups in total. The average Bonchev–Trinajstić information content (AvgIpc) is 2.47. The second-order valence-corrected chi connectivity index (χ2v) is 23.5. The maximum absolute atomic E-state index is 12.3. The highest BCUT2D eigenvalue weighted by atomic mass is 28.5. The summed E-state index contributed by atoms with van der Waals surface area (Å²) in [5.74, 6) is 0.943. The van der Waals surface area contributed by atoms with E-state index in [1.54, 1.807) is 0 Å². The predicted molar refractivity (Wildman–Crippen MR) is 126 cm³/mol. The van der Waals surface area contributed by atoms with Crippen molar-refractivity contribution in [2.75, 3.05) is 6.61 Å². The van der Waals surface area contributed by atoms with Crippen LogP contribution in [0.3, 0.4) is 0 Å². The minimum atomic E-state index is -2.20. The number of hydrogen-bond acceptors (Lipinski definition) is 4. The van der Waals surface area contributed by atoms with Crippen molar-refractivity contribution >= 4 is 31.0 Å². The van der Waals surface area contributed by atoms with Gasteiger partial charge in [0.05, 0.1) is 6.61 Å². The van der Waals surface area contributed by atoms with Gasteiger partial charge in [-0.1, -0.05) is 20.8 Å². The number of carbonyl (C=O) groups is 1. The van der Waals surface area contributed by atoms with Crippen molar-refractivity contribution in [2.45, 2.75) is 79.1 Å². The molecule has 0 aromatic heterocycles. The van der Waals surface area contributed by atoms with Crippen molar-refractivity contribution < 1.29 is 17.8 Å². The monoisotopic (exact) mass is 440 g/mol. The van der Waals surface area contributed by atoms with Crippen molar-refractivity contribution in [2.24, 2.45) is 5.41 Å². The van der Waals surface area contributed by atoms with Crippen LogP contribution in [0.2, 0.25) is 51.9 Å². The molecule has 160 valence electrons. The Morgan fingerprint density at radius 1 is 0.857 bits per heavy atom. The van der Waals surface area contributed by atoms with E-state index in [-0.39, 0.29) is 11.2 Å². The van der Waals surface area contributed by atoms with E-state index in [4.69, 9.17) is 13.0 Å². The molecule has 0 heterocycles. The maximum atomic E-state index is 12.3. The molecule has 0 aliphatic carbocycles. The van der Waals surface area contributed by atoms with Crippen LogP contribution in [0.25, 0.3) is 0 Å². The van der Waals surface area contributed by atoms with Gasteiger partial charge in [-0.05, 0) is 82.6 Å². The second-order valence-electron chi connectivity index (χ2n) is 10.6. The summed E-state index contributed by atoms with van der Waals surface area (Å²) in [6.45, 7) is 22.0. The zero-order valence-corrected chi connectivity index (χ0v) is 22.6. The fourth-order valence-electron chi connectivity index (χ4n) is 3.14. The smallest absolute Gasteiger partial charge is 0.314 e. The van der Waals surface area contributed by atoms with Crippen molar-refractivity contribution in [3.8, 4) is 5.75 Å². The summed E-state index contributed by atoms with van der Waals surface area (Å²) in [6.07, 6.45) is 0.903. The first-order valence-corrected chi connectivity index (χ1v) is 19.5. The van der Waals surface area contributed by atoms with Crippen LogP contribution in [0.4, 0.5) is 0 Å². The first-order valence-electron chi connectivity index (χ1n) is 10.2. The molecule has 0 amide bonds. The molecule has 0 aliphatic heterocycles. The topological polar surface area (TPSA) is 44.8 Å². The Hall–Kier alpha value is -0.739. The third-order valence-electron chi connectivity index (χ3n) is 3.89. The van der Waals surface area contributed by atoms with Crippen LogP contribution in [-0.4, -0.2) is 37.6 Å². The van der Waals surface area contributed by atoms with Crippen molar-refractivity contribution in [1.82, 2.24) is 0 Å². The number of carbonyl (C=O) groups excluding carboxylic acids is 1. The molecule has 28 heavy (non-hydrogen) atoms. The lowest BCUT2D eigenvalue weighted by Gasteiger charge is -2.38. The molecule has 0 bridgehead atoms. The first-order chi connectivity index (χ1) is 12.5. The molecule has 7 heteroatoms. The number of ether oxygens (including phenoxy) is 1. The Kier molecular flexibility index (Phi) is 8.48. The zero-order valence-electron chi connectivity index (χ0n) is 19.6. The van der Waals surface area contributed by atoms with Crippen LogP contribution >= 0.6 is 0 Å². The van der Waals surface area contributed by atoms with Gasteiger partial charge >= 0.3 is 8.56 Å².